The number of cyclic esters (lactones) is 1. The van der Waals surface area contributed by atoms with E-state index in [-0.39, 0.29) is 48.8 Å². The summed E-state index contributed by atoms with van der Waals surface area (Å²) in [5.41, 5.74) is 12.0. The summed E-state index contributed by atoms with van der Waals surface area (Å²) in [6.07, 6.45) is 0.595. The number of thioether (sulfide) groups is 1. The molecule has 7 rings (SSSR count). The van der Waals surface area contributed by atoms with E-state index in [2.05, 4.69) is 21.9 Å². The van der Waals surface area contributed by atoms with Crippen molar-refractivity contribution < 1.29 is 29.2 Å². The van der Waals surface area contributed by atoms with Crippen molar-refractivity contribution in [1.82, 2.24) is 9.80 Å². The number of ether oxygens (including phenoxy) is 3. The summed E-state index contributed by atoms with van der Waals surface area (Å²) in [6.45, 7) is 5.68. The zero-order valence-electron chi connectivity index (χ0n) is 22.8. The fourth-order valence-electron chi connectivity index (χ4n) is 7.59. The first-order valence-corrected chi connectivity index (χ1v) is 14.6. The molecule has 0 aromatic heterocycles. The normalized spacial score (nSPS) is 32.5. The SMILES string of the molecule is Cc1cc2c(c(O)c1C)[C@@H]1C3[C@@H]4SC[C@H](N)C(=O)OC[C@@H](c5c6c(c(C)c(O)c54)OCO6)N3[C@@H](C#N)[C@H](C2)N1C. The average Bonchev–Trinajstić information content (AvgIpc) is 3.42. The Morgan fingerprint density at radius 1 is 1.07 bits per heavy atom. The van der Waals surface area contributed by atoms with Crippen LogP contribution < -0.4 is 15.2 Å². The van der Waals surface area contributed by atoms with Crippen molar-refractivity contribution in [3.05, 3.63) is 45.0 Å². The van der Waals surface area contributed by atoms with Crippen molar-refractivity contribution in [2.24, 2.45) is 5.73 Å². The lowest BCUT2D eigenvalue weighted by molar-refractivity contribution is -0.150. The van der Waals surface area contributed by atoms with Gasteiger partial charge in [0, 0.05) is 40.1 Å². The third-order valence-corrected chi connectivity index (χ3v) is 11.1. The molecule has 2 fully saturated rings. The van der Waals surface area contributed by atoms with Gasteiger partial charge in [-0.25, -0.2) is 0 Å². The number of benzene rings is 2. The van der Waals surface area contributed by atoms with E-state index in [4.69, 9.17) is 19.9 Å². The van der Waals surface area contributed by atoms with Crippen molar-refractivity contribution in [2.45, 2.75) is 68.7 Å². The van der Waals surface area contributed by atoms with E-state index in [1.807, 2.05) is 20.9 Å². The molecule has 4 bridgehead atoms. The highest BCUT2D eigenvalue weighted by Gasteiger charge is 2.60. The summed E-state index contributed by atoms with van der Waals surface area (Å²) in [7, 11) is 2.02. The Morgan fingerprint density at radius 3 is 2.55 bits per heavy atom. The number of phenolic OH excluding ortho intramolecular Hbond substituents is 2. The number of hydrogen-bond donors (Lipinski definition) is 3. The molecule has 0 spiro atoms. The van der Waals surface area contributed by atoms with Gasteiger partial charge < -0.3 is 30.2 Å². The minimum Gasteiger partial charge on any atom is -0.507 e. The van der Waals surface area contributed by atoms with Crippen molar-refractivity contribution in [3.63, 3.8) is 0 Å². The summed E-state index contributed by atoms with van der Waals surface area (Å²) in [5, 5.41) is 33.6. The Bertz CT molecular complexity index is 1510. The third kappa shape index (κ3) is 3.25. The van der Waals surface area contributed by atoms with Crippen LogP contribution in [0.5, 0.6) is 23.0 Å². The van der Waals surface area contributed by atoms with Crippen LogP contribution in [0.1, 0.15) is 56.3 Å². The minimum absolute atomic E-state index is 0.0141. The van der Waals surface area contributed by atoms with Crippen LogP contribution in [0.25, 0.3) is 0 Å². The van der Waals surface area contributed by atoms with E-state index in [1.54, 1.807) is 6.92 Å². The lowest BCUT2D eigenvalue weighted by atomic mass is 9.71. The second-order valence-electron chi connectivity index (χ2n) is 11.5. The van der Waals surface area contributed by atoms with E-state index >= 15 is 0 Å². The van der Waals surface area contributed by atoms with Crippen molar-refractivity contribution >= 4 is 17.7 Å². The molecule has 2 saturated heterocycles. The number of carbonyl (C=O) groups excluding carboxylic acids is 1. The molecular weight excluding hydrogens is 532 g/mol. The predicted molar refractivity (Wildman–Crippen MR) is 146 cm³/mol. The van der Waals surface area contributed by atoms with Crippen molar-refractivity contribution in [2.75, 3.05) is 26.2 Å². The fraction of sp³-hybridized carbons (Fsp3) is 0.517. The molecule has 7 atom stereocenters. The molecule has 0 amide bonds. The monoisotopic (exact) mass is 564 g/mol. The third-order valence-electron chi connectivity index (χ3n) is 9.64. The molecular formula is C29H32N4O6S. The van der Waals surface area contributed by atoms with E-state index in [1.165, 1.54) is 11.8 Å². The lowest BCUT2D eigenvalue weighted by Gasteiger charge is -2.61. The highest BCUT2D eigenvalue weighted by atomic mass is 32.2. The van der Waals surface area contributed by atoms with Gasteiger partial charge in [0.2, 0.25) is 6.79 Å². The number of esters is 1. The number of nitrogens with zero attached hydrogens (tertiary/aromatic N) is 3. The van der Waals surface area contributed by atoms with Crippen LogP contribution in [-0.4, -0.2) is 76.3 Å². The minimum atomic E-state index is -0.837. The molecule has 0 radical (unpaired) electrons. The number of piperazine rings is 1. The van der Waals surface area contributed by atoms with Gasteiger partial charge in [-0.3, -0.25) is 14.6 Å². The van der Waals surface area contributed by atoms with Crippen molar-refractivity contribution in [3.8, 4) is 29.1 Å². The molecule has 2 aromatic carbocycles. The van der Waals surface area contributed by atoms with Gasteiger partial charge in [-0.15, -0.1) is 11.8 Å². The first-order valence-electron chi connectivity index (χ1n) is 13.5. The van der Waals surface area contributed by atoms with Gasteiger partial charge in [-0.2, -0.15) is 5.26 Å². The number of fused-ring (bicyclic) bond motifs is 9. The molecule has 210 valence electrons. The van der Waals surface area contributed by atoms with Crippen LogP contribution in [0, 0.1) is 32.1 Å². The lowest BCUT2D eigenvalue weighted by Crippen LogP contribution is -2.69. The zero-order valence-corrected chi connectivity index (χ0v) is 23.6. The zero-order chi connectivity index (χ0) is 28.2. The van der Waals surface area contributed by atoms with Gasteiger partial charge >= 0.3 is 5.97 Å². The Labute approximate surface area is 236 Å². The molecule has 11 heteroatoms. The van der Waals surface area contributed by atoms with Gasteiger partial charge in [0.15, 0.2) is 11.5 Å². The Kier molecular flexibility index (Phi) is 5.74. The van der Waals surface area contributed by atoms with Gasteiger partial charge in [0.05, 0.1) is 23.4 Å². The number of aryl methyl sites for hydroxylation is 1. The summed E-state index contributed by atoms with van der Waals surface area (Å²) >= 11 is 1.47. The Hall–Kier alpha value is -3.17. The largest absolute Gasteiger partial charge is 0.507 e. The quantitative estimate of drug-likeness (QED) is 0.407. The molecule has 2 aromatic rings. The molecule has 0 aliphatic carbocycles. The number of hydrogen-bond acceptors (Lipinski definition) is 11. The average molecular weight is 565 g/mol. The van der Waals surface area contributed by atoms with Crippen LogP contribution in [0.4, 0.5) is 0 Å². The maximum atomic E-state index is 12.8. The van der Waals surface area contributed by atoms with Gasteiger partial charge in [-0.1, -0.05) is 6.07 Å². The maximum absolute atomic E-state index is 12.8. The molecule has 5 heterocycles. The summed E-state index contributed by atoms with van der Waals surface area (Å²) in [5.74, 6) is 1.14. The number of nitriles is 1. The van der Waals surface area contributed by atoms with Crippen molar-refractivity contribution in [1.29, 1.82) is 5.26 Å². The summed E-state index contributed by atoms with van der Waals surface area (Å²) < 4.78 is 17.6. The van der Waals surface area contributed by atoms with Gasteiger partial charge in [0.25, 0.3) is 0 Å². The molecule has 5 aliphatic heterocycles. The highest BCUT2D eigenvalue weighted by molar-refractivity contribution is 7.99. The van der Waals surface area contributed by atoms with E-state index < -0.39 is 29.3 Å². The standard InChI is InChI=1S/C29H32N4O6S/c1-11-5-14-6-16-17(7-30)33-18-8-37-29(36)15(31)9-40-28(23(33)22(32(16)4)19(14)24(34)12(11)2)21-20(18)27-26(38-10-39-27)13(3)25(21)35/h5,15-18,22-23,28,34-35H,6,8-10,31H2,1-4H3/t15-,16-,17-,18-,22+,23?,28+/m0/s1. The molecule has 40 heavy (non-hydrogen) atoms. The number of likely N-dealkylation sites (N-methyl/N-ethyl adjacent to an activating group) is 1. The van der Waals surface area contributed by atoms with Crippen LogP contribution in [0.2, 0.25) is 0 Å². The molecule has 1 unspecified atom stereocenters. The van der Waals surface area contributed by atoms with E-state index in [0.717, 1.165) is 22.3 Å². The maximum Gasteiger partial charge on any atom is 0.323 e. The molecule has 5 aliphatic rings. The van der Waals surface area contributed by atoms with Gasteiger partial charge in [0.1, 0.15) is 30.2 Å². The second kappa shape index (κ2) is 8.91. The Morgan fingerprint density at radius 2 is 1.80 bits per heavy atom. The fourth-order valence-corrected chi connectivity index (χ4v) is 9.03. The summed E-state index contributed by atoms with van der Waals surface area (Å²) in [6, 6.07) is 1.93. The number of nitrogens with two attached hydrogens (primary N) is 1. The highest BCUT2D eigenvalue weighted by Crippen LogP contribution is 2.63. The van der Waals surface area contributed by atoms with Crippen LogP contribution in [-0.2, 0) is 16.0 Å². The number of rotatable bonds is 0. The second-order valence-corrected chi connectivity index (χ2v) is 12.7. The smallest absolute Gasteiger partial charge is 0.323 e. The van der Waals surface area contributed by atoms with Gasteiger partial charge in [-0.05, 0) is 50.9 Å². The first-order chi connectivity index (χ1) is 19.1. The van der Waals surface area contributed by atoms with Crippen LogP contribution in [0.3, 0.4) is 0 Å². The van der Waals surface area contributed by atoms with Crippen LogP contribution in [0.15, 0.2) is 6.07 Å². The number of carbonyl (C=O) groups is 1. The number of phenols is 2. The topological polar surface area (TPSA) is 142 Å². The molecule has 4 N–H and O–H groups in total. The van der Waals surface area contributed by atoms with E-state index in [0.29, 0.717) is 34.6 Å². The van der Waals surface area contributed by atoms with Crippen LogP contribution >= 0.6 is 11.8 Å². The summed E-state index contributed by atoms with van der Waals surface area (Å²) in [4.78, 5) is 17.2. The predicted octanol–water partition coefficient (Wildman–Crippen LogP) is 2.64. The first kappa shape index (κ1) is 25.8. The van der Waals surface area contributed by atoms with E-state index in [9.17, 15) is 20.3 Å². The molecule has 0 saturated carbocycles. The molecule has 10 nitrogen and oxygen atoms in total. The number of aromatic hydroxyl groups is 2. The Balaban J connectivity index is 1.54.